The summed E-state index contributed by atoms with van der Waals surface area (Å²) in [4.78, 5) is 5.01. The Kier molecular flexibility index (Phi) is 9.45. The topological polar surface area (TPSA) is 96.0 Å². The maximum Gasteiger partial charge on any atom is 0.208 e. The first-order valence-corrected chi connectivity index (χ1v) is 11.5. The van der Waals surface area contributed by atoms with Gasteiger partial charge in [-0.1, -0.05) is 32.6 Å². The molecule has 0 spiro atoms. The summed E-state index contributed by atoms with van der Waals surface area (Å²) >= 11 is 0. The summed E-state index contributed by atoms with van der Waals surface area (Å²) in [5.74, 6) is 0.755. The third-order valence-electron chi connectivity index (χ3n) is 5.40. The van der Waals surface area contributed by atoms with Crippen LogP contribution >= 0.6 is 0 Å². The molecule has 33 heavy (non-hydrogen) atoms. The predicted octanol–water partition coefficient (Wildman–Crippen LogP) is 6.48. The molecule has 0 aliphatic carbocycles. The van der Waals surface area contributed by atoms with Gasteiger partial charge in [0, 0.05) is 24.2 Å². The van der Waals surface area contributed by atoms with Crippen molar-refractivity contribution in [3.05, 3.63) is 54.1 Å². The zero-order valence-corrected chi connectivity index (χ0v) is 20.7. The lowest BCUT2D eigenvalue weighted by atomic mass is 10.1. The zero-order chi connectivity index (χ0) is 24.5. The molecule has 1 unspecified atom stereocenters. The van der Waals surface area contributed by atoms with E-state index in [1.807, 2.05) is 32.1 Å². The molecule has 0 aliphatic heterocycles. The Balaban J connectivity index is 2.75. The molecule has 7 nitrogen and oxygen atoms in total. The summed E-state index contributed by atoms with van der Waals surface area (Å²) in [6, 6.07) is 4.44. The Morgan fingerprint density at radius 1 is 1.24 bits per heavy atom. The zero-order valence-electron chi connectivity index (χ0n) is 20.7. The molecule has 0 fully saturated rings. The lowest BCUT2D eigenvalue weighted by molar-refractivity contribution is 0.233. The second-order valence-electron chi connectivity index (χ2n) is 7.84. The van der Waals surface area contributed by atoms with Crippen molar-refractivity contribution in [3.8, 4) is 0 Å². The van der Waals surface area contributed by atoms with Gasteiger partial charge in [0.1, 0.15) is 5.76 Å². The molecule has 7 heteroatoms. The Morgan fingerprint density at radius 3 is 2.55 bits per heavy atom. The molecule has 2 aromatic rings. The fourth-order valence-corrected chi connectivity index (χ4v) is 3.75. The Morgan fingerprint density at radius 2 is 1.97 bits per heavy atom. The number of ether oxygens (including phenoxy) is 2. The highest BCUT2D eigenvalue weighted by atomic mass is 16.5. The first-order chi connectivity index (χ1) is 15.8. The van der Waals surface area contributed by atoms with Crippen LogP contribution in [0.4, 0.5) is 5.69 Å². The Hall–Kier alpha value is -3.35. The van der Waals surface area contributed by atoms with E-state index in [4.69, 9.17) is 25.3 Å². The van der Waals surface area contributed by atoms with Crippen LogP contribution in [-0.4, -0.2) is 34.5 Å². The van der Waals surface area contributed by atoms with Crippen molar-refractivity contribution in [2.24, 2.45) is 0 Å². The highest BCUT2D eigenvalue weighted by Gasteiger charge is 2.19. The van der Waals surface area contributed by atoms with Crippen LogP contribution in [0.5, 0.6) is 0 Å². The van der Waals surface area contributed by atoms with E-state index in [1.54, 1.807) is 6.08 Å². The molecule has 2 aromatic heterocycles. The van der Waals surface area contributed by atoms with Gasteiger partial charge in [-0.3, -0.25) is 10.8 Å². The molecule has 2 heterocycles. The number of aryl methyl sites for hydroxylation is 1. The first-order valence-electron chi connectivity index (χ1n) is 11.5. The molecule has 178 valence electrons. The summed E-state index contributed by atoms with van der Waals surface area (Å²) < 4.78 is 13.3. The number of hydrogen-bond acceptors (Lipinski definition) is 6. The highest BCUT2D eigenvalue weighted by Crippen LogP contribution is 2.34. The van der Waals surface area contributed by atoms with E-state index in [9.17, 15) is 0 Å². The summed E-state index contributed by atoms with van der Waals surface area (Å²) in [6.07, 6.45) is 7.42. The minimum Gasteiger partial charge on any atom is -0.498 e. The lowest BCUT2D eigenvalue weighted by Gasteiger charge is -2.20. The largest absolute Gasteiger partial charge is 0.498 e. The van der Waals surface area contributed by atoms with Crippen molar-refractivity contribution >= 4 is 34.1 Å². The molecule has 0 saturated heterocycles. The van der Waals surface area contributed by atoms with Crippen molar-refractivity contribution in [3.63, 3.8) is 0 Å². The van der Waals surface area contributed by atoms with Gasteiger partial charge in [0.2, 0.25) is 5.90 Å². The van der Waals surface area contributed by atoms with Gasteiger partial charge < -0.3 is 19.4 Å². The summed E-state index contributed by atoms with van der Waals surface area (Å²) in [7, 11) is 0. The third kappa shape index (κ3) is 6.34. The van der Waals surface area contributed by atoms with Crippen LogP contribution in [0.2, 0.25) is 0 Å². The monoisotopic (exact) mass is 451 g/mol. The molecule has 0 radical (unpaired) electrons. The number of anilines is 1. The van der Waals surface area contributed by atoms with E-state index in [1.165, 1.54) is 12.6 Å². The average molecular weight is 452 g/mol. The molecular weight excluding hydrogens is 414 g/mol. The second kappa shape index (κ2) is 12.0. The van der Waals surface area contributed by atoms with Crippen LogP contribution in [0.15, 0.2) is 42.7 Å². The number of rotatable bonds is 11. The SMILES string of the molecule is C=C/C=C\C(=C(/C)OCC)c1cc(NCC(=N)OC(C)=N)c2c(cc(CC)n2C(C)CC)n1. The van der Waals surface area contributed by atoms with Crippen LogP contribution in [0.25, 0.3) is 16.6 Å². The van der Waals surface area contributed by atoms with Gasteiger partial charge in [0.25, 0.3) is 0 Å². The quantitative estimate of drug-likeness (QED) is 0.158. The molecule has 2 rings (SSSR count). The number of allylic oxidation sites excluding steroid dienone is 5. The van der Waals surface area contributed by atoms with Crippen LogP contribution in [0.3, 0.4) is 0 Å². The summed E-state index contributed by atoms with van der Waals surface area (Å²) in [6.45, 7) is 16.4. The van der Waals surface area contributed by atoms with E-state index in [-0.39, 0.29) is 18.3 Å². The van der Waals surface area contributed by atoms with Crippen molar-refractivity contribution in [1.29, 1.82) is 10.8 Å². The number of nitrogens with one attached hydrogen (secondary N) is 3. The fourth-order valence-electron chi connectivity index (χ4n) is 3.75. The van der Waals surface area contributed by atoms with Crippen LogP contribution < -0.4 is 5.32 Å². The van der Waals surface area contributed by atoms with E-state index < -0.39 is 0 Å². The molecule has 3 N–H and O–H groups in total. The normalized spacial score (nSPS) is 13.0. The van der Waals surface area contributed by atoms with E-state index in [0.29, 0.717) is 12.6 Å². The number of fused-ring (bicyclic) bond motifs is 1. The van der Waals surface area contributed by atoms with Gasteiger partial charge in [-0.2, -0.15) is 0 Å². The number of nitrogens with zero attached hydrogens (tertiary/aromatic N) is 2. The van der Waals surface area contributed by atoms with Crippen molar-refractivity contribution in [2.45, 2.75) is 60.4 Å². The van der Waals surface area contributed by atoms with Crippen molar-refractivity contribution in [1.82, 2.24) is 9.55 Å². The van der Waals surface area contributed by atoms with Crippen LogP contribution in [-0.2, 0) is 15.9 Å². The predicted molar refractivity (Wildman–Crippen MR) is 138 cm³/mol. The average Bonchev–Trinajstić information content (AvgIpc) is 3.15. The second-order valence-corrected chi connectivity index (χ2v) is 7.84. The highest BCUT2D eigenvalue weighted by molar-refractivity contribution is 5.95. The van der Waals surface area contributed by atoms with Crippen molar-refractivity contribution in [2.75, 3.05) is 18.5 Å². The number of hydrogen-bond donors (Lipinski definition) is 3. The van der Waals surface area contributed by atoms with Gasteiger partial charge in [-0.25, -0.2) is 4.98 Å². The Bertz CT molecular complexity index is 1080. The first kappa shape index (κ1) is 25.9. The summed E-state index contributed by atoms with van der Waals surface area (Å²) in [5.41, 5.74) is 5.61. The van der Waals surface area contributed by atoms with Gasteiger partial charge in [0.05, 0.1) is 35.6 Å². The minimum absolute atomic E-state index is 0.00858. The Labute approximate surface area is 197 Å². The molecule has 1 atom stereocenters. The number of aromatic nitrogens is 2. The smallest absolute Gasteiger partial charge is 0.208 e. The van der Waals surface area contributed by atoms with Gasteiger partial charge in [0.15, 0.2) is 5.90 Å². The standard InChI is InChI=1S/C26H37N5O2/c1-8-12-13-21(18(6)32-11-4)22-15-23(29-16-25(28)33-19(7)27)26-24(30-22)14-20(10-3)31(26)17(5)9-2/h8,12-15,17,27-28H,1,9-11,16H2,2-7H3,(H,29,30)/b13-12-,21-18-,27-19?,28-25?. The van der Waals surface area contributed by atoms with E-state index in [0.717, 1.165) is 46.6 Å². The van der Waals surface area contributed by atoms with Gasteiger partial charge >= 0.3 is 0 Å². The van der Waals surface area contributed by atoms with E-state index >= 15 is 0 Å². The lowest BCUT2D eigenvalue weighted by Crippen LogP contribution is -2.19. The maximum absolute atomic E-state index is 8.04. The molecule has 0 aromatic carbocycles. The number of pyridine rings is 1. The molecular formula is C26H37N5O2. The molecule has 0 bridgehead atoms. The van der Waals surface area contributed by atoms with Crippen molar-refractivity contribution < 1.29 is 9.47 Å². The van der Waals surface area contributed by atoms with E-state index in [2.05, 4.69) is 43.3 Å². The minimum atomic E-state index is -0.0146. The fraction of sp³-hybridized carbons (Fsp3) is 0.423. The van der Waals surface area contributed by atoms with Gasteiger partial charge in [-0.15, -0.1) is 0 Å². The summed E-state index contributed by atoms with van der Waals surface area (Å²) in [5, 5.41) is 18.9. The molecule has 0 saturated carbocycles. The maximum atomic E-state index is 8.04. The molecule has 0 amide bonds. The third-order valence-corrected chi connectivity index (χ3v) is 5.40. The van der Waals surface area contributed by atoms with Gasteiger partial charge in [-0.05, 0) is 51.8 Å². The van der Waals surface area contributed by atoms with Crippen LogP contribution in [0, 0.1) is 10.8 Å². The molecule has 0 aliphatic rings. The van der Waals surface area contributed by atoms with Crippen LogP contribution in [0.1, 0.15) is 65.4 Å².